The molecule has 0 bridgehead atoms. The summed E-state index contributed by atoms with van der Waals surface area (Å²) in [7, 11) is -3.19. The molecule has 2 aliphatic rings. The maximum atomic E-state index is 15.5. The first kappa shape index (κ1) is 30.7. The fourth-order valence-electron chi connectivity index (χ4n) is 8.23. The van der Waals surface area contributed by atoms with Gasteiger partial charge in [-0.3, -0.25) is 0 Å². The van der Waals surface area contributed by atoms with Crippen molar-refractivity contribution < 1.29 is 14.0 Å². The average molecular weight is 692 g/mol. The molecule has 0 N–H and O–H groups in total. The van der Waals surface area contributed by atoms with Crippen molar-refractivity contribution in [1.29, 1.82) is 0 Å². The fourth-order valence-corrected chi connectivity index (χ4v) is 10.9. The molecule has 52 heavy (non-hydrogen) atoms. The number of hydrogen-bond acceptors (Lipinski definition) is 3. The molecule has 0 saturated heterocycles. The monoisotopic (exact) mass is 691 g/mol. The van der Waals surface area contributed by atoms with Crippen molar-refractivity contribution in [3.63, 3.8) is 0 Å². The summed E-state index contributed by atoms with van der Waals surface area (Å²) in [6.45, 7) is 2.24. The summed E-state index contributed by atoms with van der Waals surface area (Å²) in [6, 6.07) is 59.8. The Hall–Kier alpha value is -6.09. The molecule has 1 aliphatic heterocycles. The SMILES string of the molecule is CC1C(c2ccc3c4ccc(P(=O)(c5ccccc5)c5ccccc5)cc4n(-c4ccccc4)c3c2)=c2ccccc2=C2Oc3ccccc3OC21. The van der Waals surface area contributed by atoms with Crippen molar-refractivity contribution in [3.8, 4) is 17.2 Å². The summed E-state index contributed by atoms with van der Waals surface area (Å²) in [5.74, 6) is 2.38. The van der Waals surface area contributed by atoms with Crippen LogP contribution >= 0.6 is 7.14 Å². The van der Waals surface area contributed by atoms with Gasteiger partial charge in [0.05, 0.1) is 11.0 Å². The molecule has 1 aromatic heterocycles. The summed E-state index contributed by atoms with van der Waals surface area (Å²) >= 11 is 0. The van der Waals surface area contributed by atoms with E-state index in [1.165, 1.54) is 5.57 Å². The molecule has 2 heterocycles. The largest absolute Gasteiger partial charge is 0.478 e. The Kier molecular flexibility index (Phi) is 7.09. The molecule has 10 rings (SSSR count). The molecular formula is C47H34NO3P. The third-order valence-corrected chi connectivity index (χ3v) is 13.7. The second-order valence-corrected chi connectivity index (χ2v) is 16.4. The third-order valence-electron chi connectivity index (χ3n) is 10.7. The van der Waals surface area contributed by atoms with E-state index < -0.39 is 7.14 Å². The second kappa shape index (κ2) is 12.0. The van der Waals surface area contributed by atoms with Crippen LogP contribution in [-0.4, -0.2) is 10.7 Å². The summed E-state index contributed by atoms with van der Waals surface area (Å²) in [5.41, 5.74) is 5.50. The van der Waals surface area contributed by atoms with Crippen LogP contribution in [-0.2, 0) is 4.57 Å². The highest BCUT2D eigenvalue weighted by Crippen LogP contribution is 2.45. The first-order valence-corrected chi connectivity index (χ1v) is 19.4. The van der Waals surface area contributed by atoms with Crippen LogP contribution in [0.25, 0.3) is 38.8 Å². The lowest BCUT2D eigenvalue weighted by Gasteiger charge is -2.36. The zero-order valence-corrected chi connectivity index (χ0v) is 29.4. The summed E-state index contributed by atoms with van der Waals surface area (Å²) < 4.78 is 31.1. The normalized spacial score (nSPS) is 16.5. The van der Waals surface area contributed by atoms with E-state index in [4.69, 9.17) is 9.47 Å². The van der Waals surface area contributed by atoms with Crippen LogP contribution in [0.2, 0.25) is 0 Å². The zero-order chi connectivity index (χ0) is 34.8. The van der Waals surface area contributed by atoms with Crippen molar-refractivity contribution in [2.75, 3.05) is 0 Å². The standard InChI is InChI=1S/C47H34NO3P/c1-31-45(39-21-11-12-22-40(39)47-46(31)50-43-23-13-14-24-44(43)51-47)32-25-27-37-38-28-26-36(30-42(38)48(41(37)29-32)33-15-5-2-6-16-33)52(49,34-17-7-3-8-18-34)35-19-9-4-10-20-35/h2-31,46H,1H3. The molecule has 2 atom stereocenters. The second-order valence-electron chi connectivity index (χ2n) is 13.6. The minimum Gasteiger partial charge on any atom is -0.478 e. The molecule has 0 amide bonds. The number of ether oxygens (including phenoxy) is 2. The van der Waals surface area contributed by atoms with Gasteiger partial charge in [0.15, 0.2) is 30.5 Å². The van der Waals surface area contributed by atoms with Gasteiger partial charge in [0.1, 0.15) is 0 Å². The molecule has 0 radical (unpaired) electrons. The van der Waals surface area contributed by atoms with E-state index in [1.807, 2.05) is 91.0 Å². The van der Waals surface area contributed by atoms with Crippen LogP contribution < -0.4 is 35.8 Å². The van der Waals surface area contributed by atoms with Crippen LogP contribution in [0, 0.1) is 5.92 Å². The number of fused-ring (bicyclic) bond motifs is 6. The quantitative estimate of drug-likeness (QED) is 0.171. The van der Waals surface area contributed by atoms with Gasteiger partial charge in [-0.05, 0) is 52.8 Å². The predicted octanol–water partition coefficient (Wildman–Crippen LogP) is 8.22. The Labute approximate surface area is 301 Å². The summed E-state index contributed by atoms with van der Waals surface area (Å²) in [5, 5.41) is 6.90. The lowest BCUT2D eigenvalue weighted by Crippen LogP contribution is -2.47. The van der Waals surface area contributed by atoms with Gasteiger partial charge in [-0.2, -0.15) is 0 Å². The van der Waals surface area contributed by atoms with Crippen LogP contribution in [0.15, 0.2) is 176 Å². The van der Waals surface area contributed by atoms with E-state index in [2.05, 4.69) is 96.4 Å². The third kappa shape index (κ3) is 4.65. The molecule has 0 fully saturated rings. The Morgan fingerprint density at radius 1 is 0.538 bits per heavy atom. The van der Waals surface area contributed by atoms with Gasteiger partial charge in [-0.1, -0.05) is 146 Å². The van der Waals surface area contributed by atoms with Gasteiger partial charge >= 0.3 is 0 Å². The Balaban J connectivity index is 1.23. The van der Waals surface area contributed by atoms with E-state index in [-0.39, 0.29) is 12.0 Å². The van der Waals surface area contributed by atoms with Crippen LogP contribution in [0.3, 0.4) is 0 Å². The van der Waals surface area contributed by atoms with Gasteiger partial charge in [-0.25, -0.2) is 0 Å². The maximum absolute atomic E-state index is 15.5. The van der Waals surface area contributed by atoms with Gasteiger partial charge in [0, 0.05) is 43.5 Å². The molecule has 1 aliphatic carbocycles. The fraction of sp³-hybridized carbons (Fsp3) is 0.0638. The van der Waals surface area contributed by atoms with E-state index in [9.17, 15) is 0 Å². The van der Waals surface area contributed by atoms with Crippen molar-refractivity contribution in [2.24, 2.45) is 5.92 Å². The molecule has 2 unspecified atom stereocenters. The highest BCUT2D eigenvalue weighted by atomic mass is 31.2. The number of nitrogens with zero attached hydrogens (tertiary/aromatic N) is 1. The minimum atomic E-state index is -3.19. The van der Waals surface area contributed by atoms with E-state index in [1.54, 1.807) is 0 Å². The topological polar surface area (TPSA) is 40.5 Å². The van der Waals surface area contributed by atoms with Gasteiger partial charge < -0.3 is 18.6 Å². The number of aromatic nitrogens is 1. The Bertz CT molecular complexity index is 2800. The van der Waals surface area contributed by atoms with Gasteiger partial charge in [0.25, 0.3) is 0 Å². The van der Waals surface area contributed by atoms with Gasteiger partial charge in [-0.15, -0.1) is 0 Å². The molecular weight excluding hydrogens is 657 g/mol. The Morgan fingerprint density at radius 2 is 1.10 bits per heavy atom. The lowest BCUT2D eigenvalue weighted by molar-refractivity contribution is 0.161. The molecule has 0 saturated carbocycles. The Morgan fingerprint density at radius 3 is 1.79 bits per heavy atom. The molecule has 7 aromatic carbocycles. The maximum Gasteiger partial charge on any atom is 0.171 e. The van der Waals surface area contributed by atoms with E-state index in [0.717, 1.165) is 76.7 Å². The molecule has 250 valence electrons. The van der Waals surface area contributed by atoms with Crippen molar-refractivity contribution in [1.82, 2.24) is 4.57 Å². The number of rotatable bonds is 5. The molecule has 5 heteroatoms. The van der Waals surface area contributed by atoms with Crippen LogP contribution in [0.5, 0.6) is 11.5 Å². The van der Waals surface area contributed by atoms with Crippen molar-refractivity contribution in [2.45, 2.75) is 13.0 Å². The summed E-state index contributed by atoms with van der Waals surface area (Å²) in [4.78, 5) is 0. The zero-order valence-electron chi connectivity index (χ0n) is 28.5. The number of hydrogen-bond donors (Lipinski definition) is 0. The smallest absolute Gasteiger partial charge is 0.171 e. The van der Waals surface area contributed by atoms with Crippen molar-refractivity contribution in [3.05, 3.63) is 192 Å². The number of benzene rings is 7. The van der Waals surface area contributed by atoms with Crippen molar-refractivity contribution >= 4 is 56.2 Å². The highest BCUT2D eigenvalue weighted by molar-refractivity contribution is 7.85. The minimum absolute atomic E-state index is 0.0134. The predicted molar refractivity (Wildman–Crippen MR) is 212 cm³/mol. The van der Waals surface area contributed by atoms with E-state index >= 15 is 4.57 Å². The van der Waals surface area contributed by atoms with Crippen LogP contribution in [0.4, 0.5) is 0 Å². The number of para-hydroxylation sites is 3. The average Bonchev–Trinajstić information content (AvgIpc) is 3.54. The first-order valence-electron chi connectivity index (χ1n) is 17.7. The van der Waals surface area contributed by atoms with Gasteiger partial charge in [0.2, 0.25) is 0 Å². The lowest BCUT2D eigenvalue weighted by atomic mass is 9.82. The highest BCUT2D eigenvalue weighted by Gasteiger charge is 2.37. The molecule has 8 aromatic rings. The molecule has 4 nitrogen and oxygen atoms in total. The van der Waals surface area contributed by atoms with E-state index in [0.29, 0.717) is 0 Å². The molecule has 0 spiro atoms. The summed E-state index contributed by atoms with van der Waals surface area (Å²) in [6.07, 6.45) is -0.261. The first-order chi connectivity index (χ1) is 25.6. The van der Waals surface area contributed by atoms with Crippen LogP contribution in [0.1, 0.15) is 12.5 Å².